The monoisotopic (exact) mass is 391 g/mol. The number of carbonyl (C=O) groups excluding carboxylic acids is 2. The molecule has 3 amide bonds. The predicted octanol–water partition coefficient (Wildman–Crippen LogP) is 2.88. The summed E-state index contributed by atoms with van der Waals surface area (Å²) in [5.74, 6) is 1.56. The minimum atomic E-state index is -0.265. The highest BCUT2D eigenvalue weighted by atomic mass is 16.5. The standard InChI is InChI=1S/C21H33N3O4/c1-13(2)9-20(25)22-12-17-16-11-19(28-6)18(27-5)10-15(16)7-8-24(17)21(26)23-14(3)4/h10-11,13-14,17H,7-9,12H2,1-6H3,(H,22,25)(H,23,26)/t17-/m1/s1. The van der Waals surface area contributed by atoms with Crippen LogP contribution in [0.1, 0.15) is 51.3 Å². The summed E-state index contributed by atoms with van der Waals surface area (Å²) in [4.78, 5) is 26.8. The summed E-state index contributed by atoms with van der Waals surface area (Å²) in [6, 6.07) is 3.53. The SMILES string of the molecule is COc1cc2c(cc1OC)[C@@H](CNC(=O)CC(C)C)N(C(=O)NC(C)C)CC2. The molecule has 0 aromatic heterocycles. The lowest BCUT2D eigenvalue weighted by atomic mass is 9.91. The van der Waals surface area contributed by atoms with Gasteiger partial charge < -0.3 is 25.0 Å². The quantitative estimate of drug-likeness (QED) is 0.749. The maximum Gasteiger partial charge on any atom is 0.318 e. The van der Waals surface area contributed by atoms with Crippen LogP contribution < -0.4 is 20.1 Å². The lowest BCUT2D eigenvalue weighted by molar-refractivity contribution is -0.122. The number of hydrogen-bond donors (Lipinski definition) is 2. The molecule has 1 aliphatic heterocycles. The van der Waals surface area contributed by atoms with Crippen LogP contribution in [0.3, 0.4) is 0 Å². The van der Waals surface area contributed by atoms with Gasteiger partial charge in [0, 0.05) is 25.6 Å². The molecular weight excluding hydrogens is 358 g/mol. The molecule has 28 heavy (non-hydrogen) atoms. The summed E-state index contributed by atoms with van der Waals surface area (Å²) >= 11 is 0. The number of nitrogens with zero attached hydrogens (tertiary/aromatic N) is 1. The third kappa shape index (κ3) is 5.30. The van der Waals surface area contributed by atoms with E-state index in [1.165, 1.54) is 0 Å². The summed E-state index contributed by atoms with van der Waals surface area (Å²) < 4.78 is 10.9. The van der Waals surface area contributed by atoms with Crippen molar-refractivity contribution in [2.75, 3.05) is 27.3 Å². The number of fused-ring (bicyclic) bond motifs is 1. The third-order valence-corrected chi connectivity index (χ3v) is 4.76. The zero-order valence-corrected chi connectivity index (χ0v) is 17.8. The van der Waals surface area contributed by atoms with Gasteiger partial charge in [0.1, 0.15) is 0 Å². The minimum absolute atomic E-state index is 0.00758. The fraction of sp³-hybridized carbons (Fsp3) is 0.619. The fourth-order valence-corrected chi connectivity index (χ4v) is 3.47. The van der Waals surface area contributed by atoms with E-state index in [1.807, 2.05) is 39.8 Å². The molecule has 0 saturated heterocycles. The summed E-state index contributed by atoms with van der Waals surface area (Å²) in [7, 11) is 3.20. The smallest absolute Gasteiger partial charge is 0.318 e. The number of carbonyl (C=O) groups is 2. The van der Waals surface area contributed by atoms with Gasteiger partial charge in [-0.1, -0.05) is 13.8 Å². The highest BCUT2D eigenvalue weighted by molar-refractivity contribution is 5.77. The van der Waals surface area contributed by atoms with E-state index in [4.69, 9.17) is 9.47 Å². The van der Waals surface area contributed by atoms with Crippen molar-refractivity contribution in [3.05, 3.63) is 23.3 Å². The van der Waals surface area contributed by atoms with Gasteiger partial charge in [0.05, 0.1) is 20.3 Å². The van der Waals surface area contributed by atoms with E-state index in [0.717, 1.165) is 17.5 Å². The summed E-state index contributed by atoms with van der Waals surface area (Å²) in [5.41, 5.74) is 2.09. The average Bonchev–Trinajstić information content (AvgIpc) is 2.63. The number of benzene rings is 1. The molecule has 0 unspecified atom stereocenters. The third-order valence-electron chi connectivity index (χ3n) is 4.76. The Bertz CT molecular complexity index is 703. The molecule has 1 aromatic rings. The average molecular weight is 392 g/mol. The Morgan fingerprint density at radius 1 is 1.14 bits per heavy atom. The van der Waals surface area contributed by atoms with Crippen LogP contribution in [-0.4, -0.2) is 50.2 Å². The van der Waals surface area contributed by atoms with Crippen molar-refractivity contribution in [1.82, 2.24) is 15.5 Å². The van der Waals surface area contributed by atoms with E-state index in [1.54, 1.807) is 19.1 Å². The molecule has 0 spiro atoms. The molecule has 1 aliphatic rings. The van der Waals surface area contributed by atoms with Crippen LogP contribution >= 0.6 is 0 Å². The fourth-order valence-electron chi connectivity index (χ4n) is 3.47. The number of hydrogen-bond acceptors (Lipinski definition) is 4. The van der Waals surface area contributed by atoms with Gasteiger partial charge >= 0.3 is 6.03 Å². The predicted molar refractivity (Wildman–Crippen MR) is 109 cm³/mol. The van der Waals surface area contributed by atoms with Gasteiger partial charge in [-0.3, -0.25) is 4.79 Å². The first-order chi connectivity index (χ1) is 13.3. The second-order valence-electron chi connectivity index (χ2n) is 7.87. The van der Waals surface area contributed by atoms with E-state index in [9.17, 15) is 9.59 Å². The molecule has 0 radical (unpaired) electrons. The highest BCUT2D eigenvalue weighted by Gasteiger charge is 2.32. The first kappa shape index (κ1) is 21.9. The van der Waals surface area contributed by atoms with Gasteiger partial charge in [0.15, 0.2) is 11.5 Å². The van der Waals surface area contributed by atoms with Crippen molar-refractivity contribution in [3.63, 3.8) is 0 Å². The van der Waals surface area contributed by atoms with Crippen molar-refractivity contribution in [3.8, 4) is 11.5 Å². The number of methoxy groups -OCH3 is 2. The molecule has 1 heterocycles. The largest absolute Gasteiger partial charge is 0.493 e. The zero-order chi connectivity index (χ0) is 20.8. The molecule has 1 aromatic carbocycles. The first-order valence-electron chi connectivity index (χ1n) is 9.85. The van der Waals surface area contributed by atoms with Crippen molar-refractivity contribution in [2.45, 2.75) is 52.6 Å². The molecule has 0 saturated carbocycles. The van der Waals surface area contributed by atoms with Crippen LogP contribution in [0.25, 0.3) is 0 Å². The van der Waals surface area contributed by atoms with E-state index in [0.29, 0.717) is 31.0 Å². The molecule has 7 heteroatoms. The number of ether oxygens (including phenoxy) is 2. The molecule has 0 bridgehead atoms. The Kier molecular flexibility index (Phi) is 7.54. The van der Waals surface area contributed by atoms with Gasteiger partial charge in [-0.15, -0.1) is 0 Å². The van der Waals surface area contributed by atoms with Gasteiger partial charge in [-0.2, -0.15) is 0 Å². The Morgan fingerprint density at radius 2 is 1.79 bits per heavy atom. The molecule has 7 nitrogen and oxygen atoms in total. The van der Waals surface area contributed by atoms with Crippen LogP contribution in [0.4, 0.5) is 4.79 Å². The number of amides is 3. The number of urea groups is 1. The van der Waals surface area contributed by atoms with E-state index >= 15 is 0 Å². The topological polar surface area (TPSA) is 79.9 Å². The van der Waals surface area contributed by atoms with Crippen molar-refractivity contribution >= 4 is 11.9 Å². The normalized spacial score (nSPS) is 16.0. The van der Waals surface area contributed by atoms with E-state index in [2.05, 4.69) is 10.6 Å². The molecule has 2 N–H and O–H groups in total. The molecule has 1 atom stereocenters. The van der Waals surface area contributed by atoms with Crippen molar-refractivity contribution in [1.29, 1.82) is 0 Å². The number of nitrogens with one attached hydrogen (secondary N) is 2. The van der Waals surface area contributed by atoms with Crippen LogP contribution in [0.5, 0.6) is 11.5 Å². The Labute approximate surface area is 167 Å². The van der Waals surface area contributed by atoms with Crippen LogP contribution in [0, 0.1) is 5.92 Å². The second-order valence-corrected chi connectivity index (χ2v) is 7.87. The van der Waals surface area contributed by atoms with Crippen LogP contribution in [-0.2, 0) is 11.2 Å². The van der Waals surface area contributed by atoms with Gasteiger partial charge in [-0.25, -0.2) is 4.79 Å². The van der Waals surface area contributed by atoms with Gasteiger partial charge in [0.25, 0.3) is 0 Å². The molecule has 156 valence electrons. The summed E-state index contributed by atoms with van der Waals surface area (Å²) in [6.45, 7) is 8.82. The first-order valence-corrected chi connectivity index (χ1v) is 9.85. The molecular formula is C21H33N3O4. The zero-order valence-electron chi connectivity index (χ0n) is 17.8. The lowest BCUT2D eigenvalue weighted by Gasteiger charge is -2.38. The van der Waals surface area contributed by atoms with Crippen molar-refractivity contribution < 1.29 is 19.1 Å². The maximum absolute atomic E-state index is 12.8. The maximum atomic E-state index is 12.8. The van der Waals surface area contributed by atoms with Crippen LogP contribution in [0.2, 0.25) is 0 Å². The Balaban J connectivity index is 2.34. The Hall–Kier alpha value is -2.44. The molecule has 0 aliphatic carbocycles. The summed E-state index contributed by atoms with van der Waals surface area (Å²) in [5, 5.41) is 5.96. The Morgan fingerprint density at radius 3 is 2.36 bits per heavy atom. The van der Waals surface area contributed by atoms with Crippen LogP contribution in [0.15, 0.2) is 12.1 Å². The summed E-state index contributed by atoms with van der Waals surface area (Å²) in [6.07, 6.45) is 1.18. The van der Waals surface area contributed by atoms with Crippen molar-refractivity contribution in [2.24, 2.45) is 5.92 Å². The number of rotatable bonds is 7. The van der Waals surface area contributed by atoms with Gasteiger partial charge in [0.2, 0.25) is 5.91 Å². The van der Waals surface area contributed by atoms with Gasteiger partial charge in [-0.05, 0) is 49.4 Å². The second kappa shape index (κ2) is 9.66. The molecule has 2 rings (SSSR count). The van der Waals surface area contributed by atoms with E-state index < -0.39 is 0 Å². The minimum Gasteiger partial charge on any atom is -0.493 e. The lowest BCUT2D eigenvalue weighted by Crippen LogP contribution is -2.50. The molecule has 0 fully saturated rings. The van der Waals surface area contributed by atoms with E-state index in [-0.39, 0.29) is 29.9 Å². The highest BCUT2D eigenvalue weighted by Crippen LogP contribution is 2.38.